The second-order valence-electron chi connectivity index (χ2n) is 5.81. The normalized spacial score (nSPS) is 20.9. The van der Waals surface area contributed by atoms with Crippen LogP contribution in [0.1, 0.15) is 22.7 Å². The van der Waals surface area contributed by atoms with E-state index in [2.05, 4.69) is 4.98 Å². The van der Waals surface area contributed by atoms with E-state index in [1.54, 1.807) is 19.1 Å². The molecule has 3 heterocycles. The lowest BCUT2D eigenvalue weighted by Gasteiger charge is -2.27. The lowest BCUT2D eigenvalue weighted by atomic mass is 9.86. The van der Waals surface area contributed by atoms with Crippen molar-refractivity contribution in [3.05, 3.63) is 29.0 Å². The minimum absolute atomic E-state index is 0.0302. The average molecular weight is 374 g/mol. The van der Waals surface area contributed by atoms with Crippen LogP contribution in [0.2, 0.25) is 0 Å². The quantitative estimate of drug-likeness (QED) is 0.892. The number of aromatic nitrogens is 1. The molecular formula is C15H13F3N2O4S. The summed E-state index contributed by atoms with van der Waals surface area (Å²) >= 11 is 1.12. The fourth-order valence-electron chi connectivity index (χ4n) is 2.71. The minimum atomic E-state index is -4.94. The number of carboxylic acids is 1. The fraction of sp³-hybridized carbons (Fsp3) is 0.400. The van der Waals surface area contributed by atoms with Crippen LogP contribution in [0.3, 0.4) is 0 Å². The van der Waals surface area contributed by atoms with E-state index in [4.69, 9.17) is 9.52 Å². The van der Waals surface area contributed by atoms with Crippen molar-refractivity contribution in [3.63, 3.8) is 0 Å². The van der Waals surface area contributed by atoms with E-state index in [0.29, 0.717) is 16.5 Å². The Hall–Kier alpha value is -2.36. The smallest absolute Gasteiger partial charge is 0.406 e. The Labute approximate surface area is 143 Å². The summed E-state index contributed by atoms with van der Waals surface area (Å²) in [5.41, 5.74) is -2.96. The molecule has 0 aromatic carbocycles. The van der Waals surface area contributed by atoms with Gasteiger partial charge in [-0.25, -0.2) is 4.98 Å². The lowest BCUT2D eigenvalue weighted by molar-refractivity contribution is -0.227. The first-order valence-corrected chi connectivity index (χ1v) is 8.14. The Morgan fingerprint density at radius 2 is 2.12 bits per heavy atom. The molecule has 2 aromatic heterocycles. The van der Waals surface area contributed by atoms with Crippen LogP contribution >= 0.6 is 11.3 Å². The van der Waals surface area contributed by atoms with Gasteiger partial charge in [-0.2, -0.15) is 13.2 Å². The second-order valence-corrected chi connectivity index (χ2v) is 6.67. The van der Waals surface area contributed by atoms with Gasteiger partial charge in [-0.3, -0.25) is 9.59 Å². The molecule has 1 aliphatic heterocycles. The second kappa shape index (κ2) is 5.87. The van der Waals surface area contributed by atoms with Gasteiger partial charge in [0.1, 0.15) is 11.5 Å². The maximum Gasteiger partial charge on any atom is 0.406 e. The van der Waals surface area contributed by atoms with Gasteiger partial charge in [-0.05, 0) is 25.5 Å². The van der Waals surface area contributed by atoms with Crippen molar-refractivity contribution in [1.82, 2.24) is 9.88 Å². The van der Waals surface area contributed by atoms with Crippen LogP contribution in [0.25, 0.3) is 10.8 Å². The summed E-state index contributed by atoms with van der Waals surface area (Å²) in [6.45, 7) is 0.533. The van der Waals surface area contributed by atoms with E-state index in [9.17, 15) is 22.8 Å². The van der Waals surface area contributed by atoms with E-state index in [1.807, 2.05) is 0 Å². The summed E-state index contributed by atoms with van der Waals surface area (Å²) in [6.07, 6.45) is -5.61. The van der Waals surface area contributed by atoms with E-state index < -0.39 is 36.4 Å². The van der Waals surface area contributed by atoms with E-state index in [0.717, 1.165) is 16.2 Å². The molecule has 0 spiro atoms. The molecule has 25 heavy (non-hydrogen) atoms. The number of carbonyl (C=O) groups is 2. The summed E-state index contributed by atoms with van der Waals surface area (Å²) in [6, 6.07) is 3.40. The molecule has 6 nitrogen and oxygen atoms in total. The van der Waals surface area contributed by atoms with Crippen molar-refractivity contribution in [2.45, 2.75) is 19.5 Å². The molecule has 1 aliphatic rings. The lowest BCUT2D eigenvalue weighted by Crippen LogP contribution is -2.47. The highest BCUT2D eigenvalue weighted by Crippen LogP contribution is 2.46. The number of thiazole rings is 1. The maximum absolute atomic E-state index is 13.2. The molecule has 1 saturated heterocycles. The van der Waals surface area contributed by atoms with Crippen LogP contribution in [0.5, 0.6) is 0 Å². The van der Waals surface area contributed by atoms with Gasteiger partial charge in [0.2, 0.25) is 0 Å². The fourth-order valence-corrected chi connectivity index (χ4v) is 3.46. The van der Waals surface area contributed by atoms with Crippen molar-refractivity contribution >= 4 is 23.2 Å². The third-order valence-electron chi connectivity index (χ3n) is 4.18. The predicted octanol–water partition coefficient (Wildman–Crippen LogP) is 3.19. The highest BCUT2D eigenvalue weighted by Gasteiger charge is 2.64. The SMILES string of the molecule is Cc1ccc(-c2nc(C(=O)N3CCC(C(=O)O)(C(F)(F)F)C3)cs2)o1. The number of carboxylic acid groups (broad SMARTS) is 1. The monoisotopic (exact) mass is 374 g/mol. The number of nitrogens with zero attached hydrogens (tertiary/aromatic N) is 2. The zero-order valence-electron chi connectivity index (χ0n) is 13.0. The van der Waals surface area contributed by atoms with E-state index >= 15 is 0 Å². The Kier molecular flexibility index (Phi) is 4.10. The standard InChI is InChI=1S/C15H13F3N2O4S/c1-8-2-3-10(24-8)11-19-9(6-25-11)12(21)20-5-4-14(7-20,13(22)23)15(16,17)18/h2-3,6H,4-5,7H2,1H3,(H,22,23). The van der Waals surface area contributed by atoms with Gasteiger partial charge in [-0.1, -0.05) is 0 Å². The molecule has 3 rings (SSSR count). The van der Waals surface area contributed by atoms with Gasteiger partial charge in [0.05, 0.1) is 0 Å². The first-order valence-electron chi connectivity index (χ1n) is 7.26. The van der Waals surface area contributed by atoms with Crippen molar-refractivity contribution in [1.29, 1.82) is 0 Å². The topological polar surface area (TPSA) is 83.6 Å². The molecule has 0 bridgehead atoms. The Morgan fingerprint density at radius 1 is 1.40 bits per heavy atom. The molecular weight excluding hydrogens is 361 g/mol. The molecule has 1 amide bonds. The van der Waals surface area contributed by atoms with Gasteiger partial charge >= 0.3 is 12.1 Å². The van der Waals surface area contributed by atoms with Crippen LogP contribution in [0.4, 0.5) is 13.2 Å². The van der Waals surface area contributed by atoms with Crippen molar-refractivity contribution in [2.24, 2.45) is 5.41 Å². The molecule has 134 valence electrons. The number of aryl methyl sites for hydroxylation is 1. The largest absolute Gasteiger partial charge is 0.481 e. The summed E-state index contributed by atoms with van der Waals surface area (Å²) in [4.78, 5) is 28.6. The van der Waals surface area contributed by atoms with Gasteiger partial charge in [0.25, 0.3) is 5.91 Å². The Bertz CT molecular complexity index is 829. The number of furan rings is 1. The summed E-state index contributed by atoms with van der Waals surface area (Å²) in [5, 5.41) is 10.9. The van der Waals surface area contributed by atoms with Crippen molar-refractivity contribution in [2.75, 3.05) is 13.1 Å². The zero-order valence-corrected chi connectivity index (χ0v) is 13.8. The number of hydrogen-bond acceptors (Lipinski definition) is 5. The van der Waals surface area contributed by atoms with Crippen molar-refractivity contribution < 1.29 is 32.3 Å². The maximum atomic E-state index is 13.2. The third kappa shape index (κ3) is 2.90. The zero-order chi connectivity index (χ0) is 18.4. The molecule has 1 fully saturated rings. The number of amides is 1. The molecule has 0 aliphatic carbocycles. The number of aliphatic carboxylic acids is 1. The van der Waals surface area contributed by atoms with E-state index in [1.165, 1.54) is 5.38 Å². The predicted molar refractivity (Wildman–Crippen MR) is 81.2 cm³/mol. The van der Waals surface area contributed by atoms with Crippen LogP contribution in [-0.4, -0.2) is 46.1 Å². The minimum Gasteiger partial charge on any atom is -0.481 e. The molecule has 1 atom stereocenters. The number of alkyl halides is 3. The third-order valence-corrected chi connectivity index (χ3v) is 5.04. The molecule has 0 radical (unpaired) electrons. The molecule has 1 N–H and O–H groups in total. The van der Waals surface area contributed by atoms with Crippen LogP contribution in [0.15, 0.2) is 21.9 Å². The van der Waals surface area contributed by atoms with Gasteiger partial charge in [0, 0.05) is 18.5 Å². The van der Waals surface area contributed by atoms with E-state index in [-0.39, 0.29) is 12.2 Å². The number of halogens is 3. The molecule has 10 heteroatoms. The van der Waals surface area contributed by atoms with Gasteiger partial charge in [-0.15, -0.1) is 11.3 Å². The Morgan fingerprint density at radius 3 is 2.64 bits per heavy atom. The first kappa shape index (κ1) is 17.5. The number of hydrogen-bond donors (Lipinski definition) is 1. The van der Waals surface area contributed by atoms with Crippen molar-refractivity contribution in [3.8, 4) is 10.8 Å². The van der Waals surface area contributed by atoms with Crippen LogP contribution in [0, 0.1) is 12.3 Å². The van der Waals surface area contributed by atoms with Gasteiger partial charge < -0.3 is 14.4 Å². The number of rotatable bonds is 3. The number of likely N-dealkylation sites (tertiary alicyclic amines) is 1. The van der Waals surface area contributed by atoms with Crippen LogP contribution in [-0.2, 0) is 4.79 Å². The van der Waals surface area contributed by atoms with Gasteiger partial charge in [0.15, 0.2) is 16.2 Å². The first-order chi connectivity index (χ1) is 11.6. The number of carbonyl (C=O) groups excluding carboxylic acids is 1. The highest BCUT2D eigenvalue weighted by molar-refractivity contribution is 7.13. The average Bonchev–Trinajstić information content (AvgIpc) is 3.24. The summed E-state index contributed by atoms with van der Waals surface area (Å²) in [7, 11) is 0. The molecule has 1 unspecified atom stereocenters. The summed E-state index contributed by atoms with van der Waals surface area (Å²) < 4.78 is 45.0. The van der Waals surface area contributed by atoms with Crippen LogP contribution < -0.4 is 0 Å². The molecule has 0 saturated carbocycles. The summed E-state index contributed by atoms with van der Waals surface area (Å²) in [5.74, 6) is -1.58. The molecule has 2 aromatic rings. The Balaban J connectivity index is 1.81. The highest BCUT2D eigenvalue weighted by atomic mass is 32.1.